The maximum Gasteiger partial charge on any atom is 0.0985 e. The summed E-state index contributed by atoms with van der Waals surface area (Å²) in [6, 6.07) is 42.9. The Morgan fingerprint density at radius 2 is 1.05 bits per heavy atom. The number of fused-ring (bicyclic) bond motifs is 13. The summed E-state index contributed by atoms with van der Waals surface area (Å²) in [5, 5.41) is 8.06. The lowest BCUT2D eigenvalue weighted by Crippen LogP contribution is -1.99. The van der Waals surface area contributed by atoms with Gasteiger partial charge in [0.05, 0.1) is 44.3 Å². The molecule has 5 nitrogen and oxygen atoms in total. The lowest BCUT2D eigenvalue weighted by molar-refractivity contribution is 1.18. The van der Waals surface area contributed by atoms with E-state index in [0.29, 0.717) is 0 Å². The van der Waals surface area contributed by atoms with Crippen LogP contribution >= 0.6 is 0 Å². The van der Waals surface area contributed by atoms with E-state index in [4.69, 9.17) is 15.0 Å². The summed E-state index contributed by atoms with van der Waals surface area (Å²) >= 11 is 0. The van der Waals surface area contributed by atoms with Crippen LogP contribution in [0.15, 0.2) is 140 Å². The molecule has 5 aromatic heterocycles. The van der Waals surface area contributed by atoms with Gasteiger partial charge in [0, 0.05) is 62.0 Å². The minimum absolute atomic E-state index is 0.900. The molecule has 0 radical (unpaired) electrons. The number of nitrogens with zero attached hydrogens (tertiary/aromatic N) is 5. The molecular formula is C39H23N5. The van der Waals surface area contributed by atoms with E-state index in [9.17, 15) is 0 Å². The highest BCUT2D eigenvalue weighted by molar-refractivity contribution is 6.36. The van der Waals surface area contributed by atoms with Crippen LogP contribution in [0.2, 0.25) is 0 Å². The van der Waals surface area contributed by atoms with Crippen molar-refractivity contribution in [1.29, 1.82) is 0 Å². The average molecular weight is 562 g/mol. The smallest absolute Gasteiger partial charge is 0.0985 e. The van der Waals surface area contributed by atoms with Crippen LogP contribution in [0.4, 0.5) is 0 Å². The van der Waals surface area contributed by atoms with Gasteiger partial charge in [0.1, 0.15) is 0 Å². The van der Waals surface area contributed by atoms with Crippen molar-refractivity contribution < 1.29 is 0 Å². The molecule has 5 heterocycles. The molecule has 0 unspecified atom stereocenters. The molecule has 0 aliphatic rings. The number of hydrogen-bond donors (Lipinski definition) is 0. The molecule has 0 fully saturated rings. The molecule has 0 N–H and O–H groups in total. The standard InChI is InChI=1S/C39H23N5/c1-2-11-25(12-3-1)43-30-16-6-5-14-27(30)34-38-33(29-15-9-22-41-37(29)39(34)43)26-13-4-7-17-31(26)44(38)32-20-23-42-36-28(32)19-18-24-10-8-21-40-35(24)36/h1-23H. The van der Waals surface area contributed by atoms with E-state index in [2.05, 4.69) is 124 Å². The summed E-state index contributed by atoms with van der Waals surface area (Å²) in [5.74, 6) is 0. The van der Waals surface area contributed by atoms with E-state index in [-0.39, 0.29) is 0 Å². The Kier molecular flexibility index (Phi) is 4.66. The second-order valence-electron chi connectivity index (χ2n) is 11.3. The van der Waals surface area contributed by atoms with Crippen molar-refractivity contribution in [2.75, 3.05) is 0 Å². The van der Waals surface area contributed by atoms with Gasteiger partial charge in [-0.15, -0.1) is 0 Å². The minimum Gasteiger partial charge on any atom is -0.308 e. The minimum atomic E-state index is 0.900. The van der Waals surface area contributed by atoms with Gasteiger partial charge in [-0.25, -0.2) is 0 Å². The van der Waals surface area contributed by atoms with E-state index in [0.717, 1.165) is 60.6 Å². The highest BCUT2D eigenvalue weighted by Crippen LogP contribution is 2.46. The maximum absolute atomic E-state index is 5.07. The van der Waals surface area contributed by atoms with Crippen LogP contribution in [0.3, 0.4) is 0 Å². The fourth-order valence-electron chi connectivity index (χ4n) is 7.28. The molecule has 0 saturated carbocycles. The van der Waals surface area contributed by atoms with Crippen LogP contribution in [0.1, 0.15) is 0 Å². The number of rotatable bonds is 2. The number of hydrogen-bond acceptors (Lipinski definition) is 3. The molecule has 5 aromatic carbocycles. The summed E-state index contributed by atoms with van der Waals surface area (Å²) in [6.07, 6.45) is 5.67. The van der Waals surface area contributed by atoms with Crippen molar-refractivity contribution in [3.8, 4) is 11.4 Å². The van der Waals surface area contributed by atoms with E-state index in [1.165, 1.54) is 27.1 Å². The zero-order valence-corrected chi connectivity index (χ0v) is 23.5. The third-order valence-electron chi connectivity index (χ3n) is 9.00. The van der Waals surface area contributed by atoms with Crippen molar-refractivity contribution in [2.24, 2.45) is 0 Å². The Bertz CT molecular complexity index is 2770. The fourth-order valence-corrected chi connectivity index (χ4v) is 7.28. The van der Waals surface area contributed by atoms with Crippen LogP contribution in [-0.4, -0.2) is 24.1 Å². The molecule has 204 valence electrons. The first-order chi connectivity index (χ1) is 21.9. The van der Waals surface area contributed by atoms with Gasteiger partial charge in [0.2, 0.25) is 0 Å². The van der Waals surface area contributed by atoms with Crippen LogP contribution < -0.4 is 0 Å². The monoisotopic (exact) mass is 561 g/mol. The largest absolute Gasteiger partial charge is 0.308 e. The van der Waals surface area contributed by atoms with Gasteiger partial charge in [-0.1, -0.05) is 72.8 Å². The number of pyridine rings is 3. The summed E-state index contributed by atoms with van der Waals surface area (Å²) in [6.45, 7) is 0. The zero-order valence-electron chi connectivity index (χ0n) is 23.5. The molecular weight excluding hydrogens is 538 g/mol. The van der Waals surface area contributed by atoms with E-state index in [1.54, 1.807) is 0 Å². The Labute approximate surface area is 251 Å². The van der Waals surface area contributed by atoms with Crippen molar-refractivity contribution in [2.45, 2.75) is 0 Å². The van der Waals surface area contributed by atoms with Crippen molar-refractivity contribution in [3.63, 3.8) is 0 Å². The highest BCUT2D eigenvalue weighted by Gasteiger charge is 2.25. The predicted molar refractivity (Wildman–Crippen MR) is 181 cm³/mol. The summed E-state index contributed by atoms with van der Waals surface area (Å²) in [7, 11) is 0. The second kappa shape index (κ2) is 8.72. The number of benzene rings is 5. The molecule has 44 heavy (non-hydrogen) atoms. The number of para-hydroxylation sites is 3. The van der Waals surface area contributed by atoms with E-state index >= 15 is 0 Å². The van der Waals surface area contributed by atoms with E-state index in [1.807, 2.05) is 24.7 Å². The molecule has 0 aliphatic heterocycles. The summed E-state index contributed by atoms with van der Waals surface area (Å²) in [5.41, 5.74) is 9.56. The molecule has 0 atom stereocenters. The Morgan fingerprint density at radius 3 is 1.89 bits per heavy atom. The van der Waals surface area contributed by atoms with Crippen molar-refractivity contribution in [1.82, 2.24) is 24.1 Å². The Hall–Kier alpha value is -6.07. The molecule has 0 bridgehead atoms. The van der Waals surface area contributed by atoms with Gasteiger partial charge in [-0.05, 0) is 48.5 Å². The quantitative estimate of drug-likeness (QED) is 0.198. The van der Waals surface area contributed by atoms with Crippen LogP contribution in [-0.2, 0) is 0 Å². The topological polar surface area (TPSA) is 48.5 Å². The first-order valence-corrected chi connectivity index (χ1v) is 14.8. The maximum atomic E-state index is 5.07. The second-order valence-corrected chi connectivity index (χ2v) is 11.3. The highest BCUT2D eigenvalue weighted by atomic mass is 15.0. The lowest BCUT2D eigenvalue weighted by Gasteiger charge is -2.14. The lowest BCUT2D eigenvalue weighted by atomic mass is 10.0. The van der Waals surface area contributed by atoms with Crippen molar-refractivity contribution >= 4 is 76.3 Å². The molecule has 10 rings (SSSR count). The Balaban J connectivity index is 1.52. The first kappa shape index (κ1) is 23.5. The third-order valence-corrected chi connectivity index (χ3v) is 9.00. The SMILES string of the molecule is c1ccc(-n2c3ccccc3c3c2c2ncccc2c2c4ccccc4n(-c4ccnc5c4ccc4cccnc45)c23)cc1. The summed E-state index contributed by atoms with van der Waals surface area (Å²) in [4.78, 5) is 14.7. The van der Waals surface area contributed by atoms with Crippen molar-refractivity contribution in [3.05, 3.63) is 140 Å². The molecule has 0 saturated heterocycles. The van der Waals surface area contributed by atoms with Gasteiger partial charge in [0.25, 0.3) is 0 Å². The first-order valence-electron chi connectivity index (χ1n) is 14.8. The van der Waals surface area contributed by atoms with Gasteiger partial charge in [0.15, 0.2) is 0 Å². The molecule has 5 heteroatoms. The van der Waals surface area contributed by atoms with Gasteiger partial charge < -0.3 is 9.13 Å². The van der Waals surface area contributed by atoms with Crippen LogP contribution in [0.25, 0.3) is 87.7 Å². The normalized spacial score (nSPS) is 12.1. The van der Waals surface area contributed by atoms with Gasteiger partial charge in [-0.2, -0.15) is 0 Å². The third kappa shape index (κ3) is 3.00. The zero-order chi connectivity index (χ0) is 28.8. The Morgan fingerprint density at radius 1 is 0.386 bits per heavy atom. The average Bonchev–Trinajstić information content (AvgIpc) is 3.62. The van der Waals surface area contributed by atoms with Gasteiger partial charge >= 0.3 is 0 Å². The molecule has 0 aliphatic carbocycles. The molecule has 0 amide bonds. The van der Waals surface area contributed by atoms with Crippen LogP contribution in [0.5, 0.6) is 0 Å². The van der Waals surface area contributed by atoms with E-state index < -0.39 is 0 Å². The van der Waals surface area contributed by atoms with Crippen LogP contribution in [0, 0.1) is 0 Å². The molecule has 0 spiro atoms. The number of aromatic nitrogens is 5. The van der Waals surface area contributed by atoms with Gasteiger partial charge in [-0.3, -0.25) is 15.0 Å². The molecule has 10 aromatic rings. The fraction of sp³-hybridized carbons (Fsp3) is 0. The predicted octanol–water partition coefficient (Wildman–Crippen LogP) is 9.53. The summed E-state index contributed by atoms with van der Waals surface area (Å²) < 4.78 is 4.82.